The second-order valence-electron chi connectivity index (χ2n) is 5.76. The van der Waals surface area contributed by atoms with Crippen LogP contribution in [0.25, 0.3) is 0 Å². The molecule has 0 spiro atoms. The van der Waals surface area contributed by atoms with E-state index < -0.39 is 0 Å². The minimum Gasteiger partial charge on any atom is -0.328 e. The molecule has 0 atom stereocenters. The molecule has 2 aromatic rings. The maximum Gasteiger partial charge on any atom is 0.274 e. The van der Waals surface area contributed by atoms with E-state index >= 15 is 0 Å². The summed E-state index contributed by atoms with van der Waals surface area (Å²) in [5, 5.41) is 4.39. The van der Waals surface area contributed by atoms with Gasteiger partial charge < -0.3 is 4.90 Å². The summed E-state index contributed by atoms with van der Waals surface area (Å²) < 4.78 is 1.82. The SMILES string of the molecule is CC(C)n1ccc(C(=O)N(Cc2ccccn2)C2CC2)n1. The molecule has 2 aromatic heterocycles. The highest BCUT2D eigenvalue weighted by Crippen LogP contribution is 2.29. The molecule has 1 aliphatic carbocycles. The quantitative estimate of drug-likeness (QED) is 0.848. The minimum absolute atomic E-state index is 0.00236. The number of hydrogen-bond donors (Lipinski definition) is 0. The second-order valence-corrected chi connectivity index (χ2v) is 5.76. The van der Waals surface area contributed by atoms with E-state index in [0.29, 0.717) is 18.3 Å². The fraction of sp³-hybridized carbons (Fsp3) is 0.438. The topological polar surface area (TPSA) is 51.0 Å². The lowest BCUT2D eigenvalue weighted by atomic mass is 10.3. The lowest BCUT2D eigenvalue weighted by molar-refractivity contribution is 0.0720. The number of nitrogens with zero attached hydrogens (tertiary/aromatic N) is 4. The van der Waals surface area contributed by atoms with Gasteiger partial charge in [-0.3, -0.25) is 14.5 Å². The van der Waals surface area contributed by atoms with Crippen molar-refractivity contribution < 1.29 is 4.79 Å². The molecule has 0 aliphatic heterocycles. The van der Waals surface area contributed by atoms with E-state index in [1.807, 2.05) is 47.8 Å². The van der Waals surface area contributed by atoms with Gasteiger partial charge in [-0.05, 0) is 44.9 Å². The average molecular weight is 284 g/mol. The van der Waals surface area contributed by atoms with Gasteiger partial charge in [0.15, 0.2) is 0 Å². The number of hydrogen-bond acceptors (Lipinski definition) is 3. The highest BCUT2D eigenvalue weighted by atomic mass is 16.2. The van der Waals surface area contributed by atoms with E-state index in [1.54, 1.807) is 12.3 Å². The molecule has 0 N–H and O–H groups in total. The van der Waals surface area contributed by atoms with E-state index in [2.05, 4.69) is 10.1 Å². The van der Waals surface area contributed by atoms with Crippen LogP contribution in [0.4, 0.5) is 0 Å². The molecule has 5 nitrogen and oxygen atoms in total. The molecule has 0 aromatic carbocycles. The van der Waals surface area contributed by atoms with Gasteiger partial charge in [0.25, 0.3) is 5.91 Å². The molecule has 1 saturated carbocycles. The van der Waals surface area contributed by atoms with Gasteiger partial charge in [-0.2, -0.15) is 5.10 Å². The molecular formula is C16H20N4O. The maximum atomic E-state index is 12.7. The summed E-state index contributed by atoms with van der Waals surface area (Å²) in [6.45, 7) is 4.65. The zero-order valence-corrected chi connectivity index (χ0v) is 12.4. The Labute approximate surface area is 124 Å². The van der Waals surface area contributed by atoms with Gasteiger partial charge in [-0.25, -0.2) is 0 Å². The number of rotatable bonds is 5. The monoisotopic (exact) mass is 284 g/mol. The normalized spacial score (nSPS) is 14.4. The van der Waals surface area contributed by atoms with Crippen LogP contribution in [0.2, 0.25) is 0 Å². The summed E-state index contributed by atoms with van der Waals surface area (Å²) in [5.74, 6) is 0.00236. The van der Waals surface area contributed by atoms with Crippen LogP contribution in [-0.2, 0) is 6.54 Å². The zero-order chi connectivity index (χ0) is 14.8. The van der Waals surface area contributed by atoms with E-state index in [9.17, 15) is 4.79 Å². The van der Waals surface area contributed by atoms with E-state index in [-0.39, 0.29) is 11.9 Å². The van der Waals surface area contributed by atoms with Crippen LogP contribution in [0, 0.1) is 0 Å². The summed E-state index contributed by atoms with van der Waals surface area (Å²) in [6, 6.07) is 8.19. The van der Waals surface area contributed by atoms with Gasteiger partial charge in [-0.1, -0.05) is 6.07 Å². The van der Waals surface area contributed by atoms with E-state index in [0.717, 1.165) is 18.5 Å². The number of pyridine rings is 1. The van der Waals surface area contributed by atoms with Crippen LogP contribution in [0.15, 0.2) is 36.7 Å². The highest BCUT2D eigenvalue weighted by Gasteiger charge is 2.34. The van der Waals surface area contributed by atoms with Crippen molar-refractivity contribution in [1.29, 1.82) is 0 Å². The molecule has 1 fully saturated rings. The van der Waals surface area contributed by atoms with Crippen molar-refractivity contribution >= 4 is 5.91 Å². The zero-order valence-electron chi connectivity index (χ0n) is 12.4. The van der Waals surface area contributed by atoms with Crippen LogP contribution in [0.3, 0.4) is 0 Å². The Bertz CT molecular complexity index is 616. The van der Waals surface area contributed by atoms with Gasteiger partial charge in [0.05, 0.1) is 12.2 Å². The summed E-state index contributed by atoms with van der Waals surface area (Å²) in [7, 11) is 0. The van der Waals surface area contributed by atoms with Crippen molar-refractivity contribution in [2.75, 3.05) is 0 Å². The molecule has 0 unspecified atom stereocenters. The van der Waals surface area contributed by atoms with Gasteiger partial charge in [0, 0.05) is 24.5 Å². The number of aromatic nitrogens is 3. The third-order valence-corrected chi connectivity index (χ3v) is 3.66. The first kappa shape index (κ1) is 13.8. The summed E-state index contributed by atoms with van der Waals surface area (Å²) in [6.07, 6.45) is 5.77. The van der Waals surface area contributed by atoms with Crippen molar-refractivity contribution in [2.45, 2.75) is 45.3 Å². The van der Waals surface area contributed by atoms with Crippen LogP contribution in [0.1, 0.15) is 48.9 Å². The van der Waals surface area contributed by atoms with Crippen molar-refractivity contribution in [3.05, 3.63) is 48.0 Å². The largest absolute Gasteiger partial charge is 0.328 e. The number of carbonyl (C=O) groups excluding carboxylic acids is 1. The predicted molar refractivity (Wildman–Crippen MR) is 79.7 cm³/mol. The van der Waals surface area contributed by atoms with E-state index in [4.69, 9.17) is 0 Å². The lowest BCUT2D eigenvalue weighted by Crippen LogP contribution is -2.33. The fourth-order valence-corrected chi connectivity index (χ4v) is 2.31. The molecule has 1 aliphatic rings. The molecule has 1 amide bonds. The molecule has 2 heterocycles. The third-order valence-electron chi connectivity index (χ3n) is 3.66. The third kappa shape index (κ3) is 3.12. The fourth-order valence-electron chi connectivity index (χ4n) is 2.31. The van der Waals surface area contributed by atoms with Crippen LogP contribution in [-0.4, -0.2) is 31.6 Å². The molecule has 21 heavy (non-hydrogen) atoms. The first-order chi connectivity index (χ1) is 10.1. The molecule has 5 heteroatoms. The Balaban J connectivity index is 1.78. The van der Waals surface area contributed by atoms with Crippen LogP contribution in [0.5, 0.6) is 0 Å². The first-order valence-electron chi connectivity index (χ1n) is 7.41. The Morgan fingerprint density at radius 3 is 2.76 bits per heavy atom. The molecule has 0 radical (unpaired) electrons. The van der Waals surface area contributed by atoms with Gasteiger partial charge in [0.2, 0.25) is 0 Å². The highest BCUT2D eigenvalue weighted by molar-refractivity contribution is 5.92. The molecule has 110 valence electrons. The Hall–Kier alpha value is -2.17. The summed E-state index contributed by atoms with van der Waals surface area (Å²) >= 11 is 0. The number of carbonyl (C=O) groups is 1. The standard InChI is InChI=1S/C16H20N4O/c1-12(2)20-10-8-15(18-20)16(21)19(14-6-7-14)11-13-5-3-4-9-17-13/h3-5,8-10,12,14H,6-7,11H2,1-2H3. The van der Waals surface area contributed by atoms with E-state index in [1.165, 1.54) is 0 Å². The molecular weight excluding hydrogens is 264 g/mol. The average Bonchev–Trinajstić information content (AvgIpc) is 3.20. The Morgan fingerprint density at radius 2 is 2.19 bits per heavy atom. The summed E-state index contributed by atoms with van der Waals surface area (Å²) in [4.78, 5) is 18.9. The smallest absolute Gasteiger partial charge is 0.274 e. The van der Waals surface area contributed by atoms with Gasteiger partial charge in [-0.15, -0.1) is 0 Å². The first-order valence-corrected chi connectivity index (χ1v) is 7.41. The predicted octanol–water partition coefficient (Wildman–Crippen LogP) is 2.66. The van der Waals surface area contributed by atoms with Crippen molar-refractivity contribution in [2.24, 2.45) is 0 Å². The number of amides is 1. The van der Waals surface area contributed by atoms with Gasteiger partial charge >= 0.3 is 0 Å². The summed E-state index contributed by atoms with van der Waals surface area (Å²) in [5.41, 5.74) is 1.44. The van der Waals surface area contributed by atoms with Crippen LogP contribution < -0.4 is 0 Å². The van der Waals surface area contributed by atoms with Crippen molar-refractivity contribution in [1.82, 2.24) is 19.7 Å². The van der Waals surface area contributed by atoms with Crippen LogP contribution >= 0.6 is 0 Å². The maximum absolute atomic E-state index is 12.7. The molecule has 0 bridgehead atoms. The molecule has 3 rings (SSSR count). The Kier molecular flexibility index (Phi) is 3.73. The minimum atomic E-state index is 0.00236. The van der Waals surface area contributed by atoms with Crippen molar-refractivity contribution in [3.8, 4) is 0 Å². The van der Waals surface area contributed by atoms with Gasteiger partial charge in [0.1, 0.15) is 5.69 Å². The van der Waals surface area contributed by atoms with Crippen molar-refractivity contribution in [3.63, 3.8) is 0 Å². The second kappa shape index (κ2) is 5.68. The lowest BCUT2D eigenvalue weighted by Gasteiger charge is -2.21. The molecule has 0 saturated heterocycles. The Morgan fingerprint density at radius 1 is 1.38 bits per heavy atom.